The molecule has 1 spiro atoms. The molecule has 0 unspecified atom stereocenters. The van der Waals surface area contributed by atoms with Crippen LogP contribution in [0.15, 0.2) is 12.4 Å². The molecular formula is C15H19N3O3S. The van der Waals surface area contributed by atoms with E-state index in [1.165, 1.54) is 11.3 Å². The highest BCUT2D eigenvalue weighted by molar-refractivity contribution is 7.19. The van der Waals surface area contributed by atoms with Gasteiger partial charge >= 0.3 is 0 Å². The normalized spacial score (nSPS) is 21.6. The Hall–Kier alpha value is -1.44. The second kappa shape index (κ2) is 5.33. The average molecular weight is 321 g/mol. The largest absolute Gasteiger partial charge is 0.381 e. The van der Waals surface area contributed by atoms with Gasteiger partial charge in [0.15, 0.2) is 4.96 Å². The smallest absolute Gasteiger partial charge is 0.266 e. The van der Waals surface area contributed by atoms with Crippen molar-refractivity contribution in [3.63, 3.8) is 0 Å². The number of morpholine rings is 1. The zero-order chi connectivity index (χ0) is 15.2. The van der Waals surface area contributed by atoms with E-state index in [-0.39, 0.29) is 11.5 Å². The summed E-state index contributed by atoms with van der Waals surface area (Å²) in [6, 6.07) is 0. The molecule has 2 aromatic heterocycles. The first-order valence-electron chi connectivity index (χ1n) is 7.62. The zero-order valence-corrected chi connectivity index (χ0v) is 13.4. The predicted molar refractivity (Wildman–Crippen MR) is 82.4 cm³/mol. The number of carbonyl (C=O) groups is 1. The lowest BCUT2D eigenvalue weighted by Gasteiger charge is -2.44. The Kier molecular flexibility index (Phi) is 3.43. The van der Waals surface area contributed by atoms with Gasteiger partial charge < -0.3 is 14.4 Å². The second-order valence-electron chi connectivity index (χ2n) is 5.97. The molecule has 4 heterocycles. The van der Waals surface area contributed by atoms with Crippen molar-refractivity contribution in [2.24, 2.45) is 0 Å². The molecule has 22 heavy (non-hydrogen) atoms. The van der Waals surface area contributed by atoms with Crippen molar-refractivity contribution in [1.29, 1.82) is 0 Å². The van der Waals surface area contributed by atoms with Crippen LogP contribution < -0.4 is 0 Å². The Labute approximate surface area is 132 Å². The van der Waals surface area contributed by atoms with Gasteiger partial charge in [0.05, 0.1) is 18.8 Å². The van der Waals surface area contributed by atoms with E-state index in [2.05, 4.69) is 4.98 Å². The van der Waals surface area contributed by atoms with Gasteiger partial charge in [-0.2, -0.15) is 0 Å². The number of amides is 1. The molecule has 1 amide bonds. The Balaban J connectivity index is 1.59. The van der Waals surface area contributed by atoms with Crippen LogP contribution in [0.4, 0.5) is 0 Å². The first-order chi connectivity index (χ1) is 10.7. The molecule has 0 radical (unpaired) electrons. The third-order valence-corrected chi connectivity index (χ3v) is 5.78. The first-order valence-corrected chi connectivity index (χ1v) is 8.44. The van der Waals surface area contributed by atoms with Crippen LogP contribution in [0.25, 0.3) is 4.96 Å². The van der Waals surface area contributed by atoms with Crippen molar-refractivity contribution >= 4 is 22.2 Å². The SMILES string of the molecule is Cc1c(C(=O)N2CCOC3(CCOCC3)C2)sc2nccn12. The van der Waals surface area contributed by atoms with Crippen LogP contribution in [0.5, 0.6) is 0 Å². The summed E-state index contributed by atoms with van der Waals surface area (Å²) in [6.07, 6.45) is 5.39. The number of carbonyl (C=O) groups excluding carboxylic acids is 1. The predicted octanol–water partition coefficient (Wildman–Crippen LogP) is 1.73. The maximum absolute atomic E-state index is 12.9. The minimum absolute atomic E-state index is 0.0992. The molecule has 0 bridgehead atoms. The van der Waals surface area contributed by atoms with Gasteiger partial charge in [-0.25, -0.2) is 4.98 Å². The molecule has 4 rings (SSSR count). The van der Waals surface area contributed by atoms with E-state index in [1.54, 1.807) is 6.20 Å². The van der Waals surface area contributed by atoms with E-state index in [9.17, 15) is 4.79 Å². The number of ether oxygens (including phenoxy) is 2. The number of rotatable bonds is 1. The Morgan fingerprint density at radius 1 is 1.36 bits per heavy atom. The summed E-state index contributed by atoms with van der Waals surface area (Å²) in [4.78, 5) is 20.8. The molecule has 0 saturated carbocycles. The fraction of sp³-hybridized carbons (Fsp3) is 0.600. The number of fused-ring (bicyclic) bond motifs is 1. The van der Waals surface area contributed by atoms with Crippen LogP contribution in [-0.4, -0.2) is 58.7 Å². The number of aromatic nitrogens is 2. The van der Waals surface area contributed by atoms with Gasteiger partial charge in [0.1, 0.15) is 4.88 Å². The van der Waals surface area contributed by atoms with E-state index in [4.69, 9.17) is 9.47 Å². The third-order valence-electron chi connectivity index (χ3n) is 4.62. The van der Waals surface area contributed by atoms with Crippen LogP contribution >= 0.6 is 11.3 Å². The average Bonchev–Trinajstić information content (AvgIpc) is 3.11. The summed E-state index contributed by atoms with van der Waals surface area (Å²) in [5.74, 6) is 0.0992. The van der Waals surface area contributed by atoms with Crippen LogP contribution in [0, 0.1) is 6.92 Å². The lowest BCUT2D eigenvalue weighted by molar-refractivity contribution is -0.146. The van der Waals surface area contributed by atoms with Crippen molar-refractivity contribution in [3.8, 4) is 0 Å². The Bertz CT molecular complexity index is 697. The molecule has 0 N–H and O–H groups in total. The number of hydrogen-bond acceptors (Lipinski definition) is 5. The number of thiazole rings is 1. The van der Waals surface area contributed by atoms with Crippen molar-refractivity contribution in [1.82, 2.24) is 14.3 Å². The van der Waals surface area contributed by atoms with Crippen molar-refractivity contribution in [3.05, 3.63) is 23.0 Å². The zero-order valence-electron chi connectivity index (χ0n) is 12.6. The first kappa shape index (κ1) is 14.2. The summed E-state index contributed by atoms with van der Waals surface area (Å²) in [7, 11) is 0. The van der Waals surface area contributed by atoms with E-state index in [1.807, 2.05) is 22.4 Å². The summed E-state index contributed by atoms with van der Waals surface area (Å²) in [5, 5.41) is 0. The molecular weight excluding hydrogens is 302 g/mol. The van der Waals surface area contributed by atoms with Gasteiger partial charge in [-0.1, -0.05) is 11.3 Å². The third kappa shape index (κ3) is 2.24. The minimum atomic E-state index is -0.211. The van der Waals surface area contributed by atoms with Crippen molar-refractivity contribution in [2.75, 3.05) is 32.9 Å². The maximum atomic E-state index is 12.9. The lowest BCUT2D eigenvalue weighted by atomic mass is 9.92. The monoisotopic (exact) mass is 321 g/mol. The fourth-order valence-electron chi connectivity index (χ4n) is 3.30. The number of nitrogens with zero attached hydrogens (tertiary/aromatic N) is 3. The molecule has 6 nitrogen and oxygen atoms in total. The molecule has 0 aromatic carbocycles. The number of aryl methyl sites for hydroxylation is 1. The Morgan fingerprint density at radius 2 is 2.18 bits per heavy atom. The standard InChI is InChI=1S/C15H19N3O3S/c1-11-12(22-14-16-4-5-18(11)14)13(19)17-6-9-21-15(10-17)2-7-20-8-3-15/h4-5H,2-3,6-10H2,1H3. The number of imidazole rings is 1. The van der Waals surface area contributed by atoms with Gasteiger partial charge in [0.2, 0.25) is 0 Å². The van der Waals surface area contributed by atoms with E-state index in [0.29, 0.717) is 32.9 Å². The second-order valence-corrected chi connectivity index (χ2v) is 6.94. The molecule has 2 aliphatic heterocycles. The Morgan fingerprint density at radius 3 is 2.95 bits per heavy atom. The molecule has 7 heteroatoms. The van der Waals surface area contributed by atoms with Gasteiger partial charge in [-0.3, -0.25) is 9.20 Å². The minimum Gasteiger partial charge on any atom is -0.381 e. The highest BCUT2D eigenvalue weighted by Crippen LogP contribution is 2.31. The lowest BCUT2D eigenvalue weighted by Crippen LogP contribution is -2.55. The van der Waals surface area contributed by atoms with Crippen molar-refractivity contribution in [2.45, 2.75) is 25.4 Å². The summed E-state index contributed by atoms with van der Waals surface area (Å²) < 4.78 is 13.4. The summed E-state index contributed by atoms with van der Waals surface area (Å²) >= 11 is 1.46. The maximum Gasteiger partial charge on any atom is 0.266 e. The molecule has 0 aliphatic carbocycles. The highest BCUT2D eigenvalue weighted by atomic mass is 32.1. The fourth-order valence-corrected chi connectivity index (χ4v) is 4.36. The summed E-state index contributed by atoms with van der Waals surface area (Å²) in [5.41, 5.74) is 0.757. The molecule has 2 fully saturated rings. The van der Waals surface area contributed by atoms with Crippen LogP contribution in [0.1, 0.15) is 28.2 Å². The number of hydrogen-bond donors (Lipinski definition) is 0. The van der Waals surface area contributed by atoms with Crippen LogP contribution in [-0.2, 0) is 9.47 Å². The van der Waals surface area contributed by atoms with Gasteiger partial charge in [-0.15, -0.1) is 0 Å². The highest BCUT2D eigenvalue weighted by Gasteiger charge is 2.40. The molecule has 118 valence electrons. The summed E-state index contributed by atoms with van der Waals surface area (Å²) in [6.45, 7) is 5.33. The van der Waals surface area contributed by atoms with E-state index >= 15 is 0 Å². The topological polar surface area (TPSA) is 56.1 Å². The molecule has 2 aromatic rings. The quantitative estimate of drug-likeness (QED) is 0.802. The molecule has 2 aliphatic rings. The van der Waals surface area contributed by atoms with Gasteiger partial charge in [0, 0.05) is 50.7 Å². The molecule has 2 saturated heterocycles. The van der Waals surface area contributed by atoms with Crippen LogP contribution in [0.3, 0.4) is 0 Å². The van der Waals surface area contributed by atoms with E-state index in [0.717, 1.165) is 28.4 Å². The van der Waals surface area contributed by atoms with Crippen LogP contribution in [0.2, 0.25) is 0 Å². The molecule has 0 atom stereocenters. The van der Waals surface area contributed by atoms with Crippen molar-refractivity contribution < 1.29 is 14.3 Å². The van der Waals surface area contributed by atoms with E-state index < -0.39 is 0 Å². The van der Waals surface area contributed by atoms with Gasteiger partial charge in [0.25, 0.3) is 5.91 Å². The van der Waals surface area contributed by atoms with Gasteiger partial charge in [-0.05, 0) is 6.92 Å².